The predicted molar refractivity (Wildman–Crippen MR) is 132 cm³/mol. The number of Topliss-reactive ketones (excluding diaryl/α,β-unsaturated/α-hetero) is 1. The Morgan fingerprint density at radius 1 is 0.972 bits per heavy atom. The molecule has 2 aromatic carbocycles. The second-order valence-electron chi connectivity index (χ2n) is 8.51. The Hall–Kier alpha value is -3.95. The number of carbonyl (C=O) groups is 2. The number of hydrogen-bond acceptors (Lipinski definition) is 8. The lowest BCUT2D eigenvalue weighted by atomic mass is 9.82. The number of ether oxygens (including phenoxy) is 4. The van der Waals surface area contributed by atoms with Gasteiger partial charge >= 0.3 is 5.97 Å². The van der Waals surface area contributed by atoms with Gasteiger partial charge in [-0.1, -0.05) is 0 Å². The average Bonchev–Trinajstić information content (AvgIpc) is 2.83. The summed E-state index contributed by atoms with van der Waals surface area (Å²) < 4.78 is 27.0. The van der Waals surface area contributed by atoms with Crippen LogP contribution in [0.15, 0.2) is 33.7 Å². The van der Waals surface area contributed by atoms with Crippen molar-refractivity contribution in [2.24, 2.45) is 0 Å². The fourth-order valence-corrected chi connectivity index (χ4v) is 4.48. The molecule has 1 aromatic heterocycles. The SMILES string of the molecule is COCOc1cc2c(cc1OCOC)C(C)=C(c1coc3cc(C)c(C)c(C(=O)O)c3c1=O)C(=O)C2. The molecule has 9 heteroatoms. The monoisotopic (exact) mass is 494 g/mol. The number of allylic oxidation sites excluding steroid dienone is 2. The second-order valence-corrected chi connectivity index (χ2v) is 8.51. The summed E-state index contributed by atoms with van der Waals surface area (Å²) in [6.07, 6.45) is 1.23. The lowest BCUT2D eigenvalue weighted by Crippen LogP contribution is -2.21. The highest BCUT2D eigenvalue weighted by Gasteiger charge is 2.30. The average molecular weight is 494 g/mol. The molecule has 0 atom stereocenters. The molecule has 1 N–H and O–H groups in total. The highest BCUT2D eigenvalue weighted by atomic mass is 16.7. The summed E-state index contributed by atoms with van der Waals surface area (Å²) >= 11 is 0. The number of methoxy groups -OCH3 is 2. The van der Waals surface area contributed by atoms with Crippen LogP contribution in [0.4, 0.5) is 0 Å². The molecule has 188 valence electrons. The number of carboxylic acid groups (broad SMARTS) is 1. The van der Waals surface area contributed by atoms with Crippen LogP contribution in [0.25, 0.3) is 22.1 Å². The van der Waals surface area contributed by atoms with E-state index in [0.29, 0.717) is 39.3 Å². The van der Waals surface area contributed by atoms with E-state index in [2.05, 4.69) is 0 Å². The van der Waals surface area contributed by atoms with Gasteiger partial charge in [0.2, 0.25) is 5.43 Å². The Morgan fingerprint density at radius 2 is 1.61 bits per heavy atom. The minimum atomic E-state index is -1.24. The Morgan fingerprint density at radius 3 is 2.22 bits per heavy atom. The number of hydrogen-bond donors (Lipinski definition) is 1. The van der Waals surface area contributed by atoms with E-state index in [0.717, 1.165) is 0 Å². The van der Waals surface area contributed by atoms with Gasteiger partial charge < -0.3 is 28.5 Å². The topological polar surface area (TPSA) is 122 Å². The zero-order valence-electron chi connectivity index (χ0n) is 20.6. The summed E-state index contributed by atoms with van der Waals surface area (Å²) in [6.45, 7) is 5.07. The van der Waals surface area contributed by atoms with Crippen molar-refractivity contribution in [3.05, 3.63) is 68.1 Å². The minimum Gasteiger partial charge on any atom is -0.478 e. The first-order valence-electron chi connectivity index (χ1n) is 11.1. The van der Waals surface area contributed by atoms with Crippen molar-refractivity contribution in [1.29, 1.82) is 0 Å². The van der Waals surface area contributed by atoms with Crippen LogP contribution in [0, 0.1) is 13.8 Å². The third kappa shape index (κ3) is 4.27. The first-order valence-corrected chi connectivity index (χ1v) is 11.1. The lowest BCUT2D eigenvalue weighted by molar-refractivity contribution is -0.113. The third-order valence-electron chi connectivity index (χ3n) is 6.31. The van der Waals surface area contributed by atoms with Gasteiger partial charge in [0, 0.05) is 26.2 Å². The van der Waals surface area contributed by atoms with E-state index in [1.54, 1.807) is 39.0 Å². The number of ketones is 1. The smallest absolute Gasteiger partial charge is 0.336 e. The van der Waals surface area contributed by atoms with E-state index in [1.807, 2.05) is 0 Å². The maximum Gasteiger partial charge on any atom is 0.336 e. The van der Waals surface area contributed by atoms with Crippen molar-refractivity contribution in [2.45, 2.75) is 27.2 Å². The molecule has 0 bridgehead atoms. The molecule has 0 spiro atoms. The maximum absolute atomic E-state index is 13.6. The summed E-state index contributed by atoms with van der Waals surface area (Å²) in [4.78, 5) is 39.0. The van der Waals surface area contributed by atoms with E-state index in [4.69, 9.17) is 23.4 Å². The van der Waals surface area contributed by atoms with E-state index < -0.39 is 11.4 Å². The van der Waals surface area contributed by atoms with Crippen molar-refractivity contribution < 1.29 is 38.1 Å². The number of fused-ring (bicyclic) bond motifs is 2. The van der Waals surface area contributed by atoms with Gasteiger partial charge in [0.1, 0.15) is 11.8 Å². The molecule has 3 aromatic rings. The summed E-state index contributed by atoms with van der Waals surface area (Å²) in [5.74, 6) is -0.764. The van der Waals surface area contributed by atoms with Crippen LogP contribution in [0.2, 0.25) is 0 Å². The van der Waals surface area contributed by atoms with Crippen LogP contribution in [-0.2, 0) is 20.7 Å². The van der Waals surface area contributed by atoms with E-state index in [1.165, 1.54) is 20.5 Å². The van der Waals surface area contributed by atoms with Crippen molar-refractivity contribution in [2.75, 3.05) is 27.8 Å². The number of aromatic carboxylic acids is 1. The number of carboxylic acids is 1. The quantitative estimate of drug-likeness (QED) is 0.461. The number of carbonyl (C=O) groups excluding carboxylic acids is 1. The fourth-order valence-electron chi connectivity index (χ4n) is 4.48. The van der Waals surface area contributed by atoms with Gasteiger partial charge in [-0.05, 0) is 66.8 Å². The molecular formula is C27H26O9. The standard InChI is InChI=1S/C27H26O9/c1-13-6-22-25(24(14(13)2)27(30)31)26(29)18(10-34-22)23-15(3)17-9-21(36-12-33-5)20(35-11-32-4)8-16(17)7-19(23)28/h6,8-10H,7,11-12H2,1-5H3,(H,30,31). The molecule has 0 saturated heterocycles. The van der Waals surface area contributed by atoms with Crippen molar-refractivity contribution >= 4 is 33.9 Å². The van der Waals surface area contributed by atoms with E-state index >= 15 is 0 Å². The summed E-state index contributed by atoms with van der Waals surface area (Å²) in [7, 11) is 2.98. The number of benzene rings is 2. The summed E-state index contributed by atoms with van der Waals surface area (Å²) in [5, 5.41) is 9.77. The van der Waals surface area contributed by atoms with E-state index in [-0.39, 0.29) is 53.5 Å². The normalized spacial score (nSPS) is 13.2. The van der Waals surface area contributed by atoms with Crippen LogP contribution in [0.1, 0.15) is 45.1 Å². The molecule has 0 unspecified atom stereocenters. The third-order valence-corrected chi connectivity index (χ3v) is 6.31. The molecule has 0 saturated carbocycles. The summed E-state index contributed by atoms with van der Waals surface area (Å²) in [5.41, 5.74) is 2.72. The molecule has 1 aliphatic rings. The first kappa shape index (κ1) is 25.2. The van der Waals surface area contributed by atoms with Crippen LogP contribution in [0.3, 0.4) is 0 Å². The van der Waals surface area contributed by atoms with Crippen molar-refractivity contribution in [3.63, 3.8) is 0 Å². The molecule has 0 radical (unpaired) electrons. The van der Waals surface area contributed by atoms with Gasteiger partial charge in [0.05, 0.1) is 16.5 Å². The van der Waals surface area contributed by atoms with Crippen LogP contribution >= 0.6 is 0 Å². The first-order chi connectivity index (χ1) is 17.2. The zero-order valence-corrected chi connectivity index (χ0v) is 20.6. The van der Waals surface area contributed by atoms with Gasteiger partial charge in [-0.3, -0.25) is 9.59 Å². The highest BCUT2D eigenvalue weighted by Crippen LogP contribution is 2.40. The molecule has 36 heavy (non-hydrogen) atoms. The summed E-state index contributed by atoms with van der Waals surface area (Å²) in [6, 6.07) is 5.05. The second kappa shape index (κ2) is 9.96. The molecule has 1 heterocycles. The molecule has 0 aliphatic heterocycles. The van der Waals surface area contributed by atoms with Gasteiger partial charge in [-0.25, -0.2) is 4.79 Å². The fraction of sp³-hybridized carbons (Fsp3) is 0.296. The largest absolute Gasteiger partial charge is 0.478 e. The van der Waals surface area contributed by atoms with Gasteiger partial charge in [0.25, 0.3) is 0 Å². The molecule has 9 nitrogen and oxygen atoms in total. The minimum absolute atomic E-state index is 0.00605. The Labute approximate surface area is 206 Å². The Kier molecular flexibility index (Phi) is 6.96. The maximum atomic E-state index is 13.6. The van der Waals surface area contributed by atoms with Crippen molar-refractivity contribution in [3.8, 4) is 11.5 Å². The zero-order chi connectivity index (χ0) is 26.1. The van der Waals surface area contributed by atoms with Gasteiger partial charge in [0.15, 0.2) is 30.9 Å². The Bertz CT molecular complexity index is 1480. The number of aryl methyl sites for hydroxylation is 1. The van der Waals surface area contributed by atoms with E-state index in [9.17, 15) is 19.5 Å². The van der Waals surface area contributed by atoms with Crippen LogP contribution in [-0.4, -0.2) is 44.7 Å². The lowest BCUT2D eigenvalue weighted by Gasteiger charge is -2.23. The molecule has 0 amide bonds. The molecule has 4 rings (SSSR count). The Balaban J connectivity index is 1.95. The highest BCUT2D eigenvalue weighted by molar-refractivity contribution is 6.30. The van der Waals surface area contributed by atoms with Crippen LogP contribution < -0.4 is 14.9 Å². The van der Waals surface area contributed by atoms with Gasteiger partial charge in [-0.15, -0.1) is 0 Å². The predicted octanol–water partition coefficient (Wildman–Crippen LogP) is 4.13. The van der Waals surface area contributed by atoms with Crippen molar-refractivity contribution in [1.82, 2.24) is 0 Å². The van der Waals surface area contributed by atoms with Gasteiger partial charge in [-0.2, -0.15) is 0 Å². The molecular weight excluding hydrogens is 468 g/mol. The molecule has 1 aliphatic carbocycles. The molecule has 0 fully saturated rings. The number of rotatable bonds is 8. The van der Waals surface area contributed by atoms with Crippen LogP contribution in [0.5, 0.6) is 11.5 Å².